The number of amides is 2. The minimum Gasteiger partial charge on any atom is -0.466 e. The van der Waals surface area contributed by atoms with Crippen LogP contribution in [-0.2, 0) is 16.1 Å². The molecule has 2 N–H and O–H groups in total. The smallest absolute Gasteiger partial charge is 0.407 e. The van der Waals surface area contributed by atoms with Gasteiger partial charge in [-0.1, -0.05) is 12.1 Å². The van der Waals surface area contributed by atoms with Crippen LogP contribution in [0.3, 0.4) is 0 Å². The Bertz CT molecular complexity index is 719. The summed E-state index contributed by atoms with van der Waals surface area (Å²) in [6, 6.07) is 9.16. The SMILES string of the molecule is COC(=O)NCc1ccc(NC(=O)[C@@H](C)c2cc(C)oc2C)cc1. The highest BCUT2D eigenvalue weighted by atomic mass is 16.5. The molecule has 0 aliphatic rings. The second kappa shape index (κ2) is 7.68. The highest BCUT2D eigenvalue weighted by Gasteiger charge is 2.20. The third-order valence-corrected chi connectivity index (χ3v) is 3.78. The standard InChI is InChI=1S/C18H22N2O4/c1-11-9-16(13(3)24-11)12(2)17(21)20-15-7-5-14(6-8-15)10-19-18(22)23-4/h5-9,12H,10H2,1-4H3,(H,19,22)(H,20,21)/t12-/m0/s1. The number of alkyl carbamates (subject to hydrolysis) is 1. The molecule has 128 valence electrons. The summed E-state index contributed by atoms with van der Waals surface area (Å²) in [7, 11) is 1.32. The number of nitrogens with one attached hydrogen (secondary N) is 2. The number of carbonyl (C=O) groups excluding carboxylic acids is 2. The third-order valence-electron chi connectivity index (χ3n) is 3.78. The molecular formula is C18H22N2O4. The number of methoxy groups -OCH3 is 1. The van der Waals surface area contributed by atoms with Gasteiger partial charge in [-0.05, 0) is 44.5 Å². The van der Waals surface area contributed by atoms with E-state index in [1.54, 1.807) is 12.1 Å². The van der Waals surface area contributed by atoms with Crippen molar-refractivity contribution >= 4 is 17.7 Å². The van der Waals surface area contributed by atoms with Crippen molar-refractivity contribution in [2.45, 2.75) is 33.2 Å². The highest BCUT2D eigenvalue weighted by molar-refractivity contribution is 5.95. The minimum atomic E-state index is -0.480. The van der Waals surface area contributed by atoms with Crippen molar-refractivity contribution in [3.05, 3.63) is 53.0 Å². The molecule has 1 heterocycles. The quantitative estimate of drug-likeness (QED) is 0.879. The average molecular weight is 330 g/mol. The van der Waals surface area contributed by atoms with Gasteiger partial charge in [-0.2, -0.15) is 0 Å². The zero-order valence-electron chi connectivity index (χ0n) is 14.3. The molecular weight excluding hydrogens is 308 g/mol. The Kier molecular flexibility index (Phi) is 5.63. The number of aryl methyl sites for hydroxylation is 2. The summed E-state index contributed by atoms with van der Waals surface area (Å²) in [6.45, 7) is 5.93. The first-order chi connectivity index (χ1) is 11.4. The molecule has 0 bridgehead atoms. The second-order valence-electron chi connectivity index (χ2n) is 5.62. The van der Waals surface area contributed by atoms with Crippen LogP contribution in [0.5, 0.6) is 0 Å². The first-order valence-electron chi connectivity index (χ1n) is 7.69. The monoisotopic (exact) mass is 330 g/mol. The van der Waals surface area contributed by atoms with Gasteiger partial charge in [0.25, 0.3) is 0 Å². The molecule has 0 aliphatic heterocycles. The van der Waals surface area contributed by atoms with Gasteiger partial charge in [0.1, 0.15) is 11.5 Å². The number of rotatable bonds is 5. The summed E-state index contributed by atoms with van der Waals surface area (Å²) >= 11 is 0. The molecule has 0 radical (unpaired) electrons. The summed E-state index contributed by atoms with van der Waals surface area (Å²) < 4.78 is 10.00. The maximum Gasteiger partial charge on any atom is 0.407 e. The summed E-state index contributed by atoms with van der Waals surface area (Å²) in [5.41, 5.74) is 2.50. The Morgan fingerprint density at radius 1 is 1.21 bits per heavy atom. The van der Waals surface area contributed by atoms with E-state index in [0.717, 1.165) is 22.6 Å². The predicted molar refractivity (Wildman–Crippen MR) is 90.9 cm³/mol. The van der Waals surface area contributed by atoms with Crippen LogP contribution < -0.4 is 10.6 Å². The lowest BCUT2D eigenvalue weighted by Crippen LogP contribution is -2.22. The fourth-order valence-corrected chi connectivity index (χ4v) is 2.42. The average Bonchev–Trinajstić information content (AvgIpc) is 2.91. The van der Waals surface area contributed by atoms with Crippen LogP contribution in [0.25, 0.3) is 0 Å². The van der Waals surface area contributed by atoms with Crippen molar-refractivity contribution in [3.63, 3.8) is 0 Å². The maximum absolute atomic E-state index is 12.4. The fraction of sp³-hybridized carbons (Fsp3) is 0.333. The number of furan rings is 1. The normalized spacial score (nSPS) is 11.7. The molecule has 2 amide bonds. The molecule has 0 saturated heterocycles. The van der Waals surface area contributed by atoms with E-state index in [-0.39, 0.29) is 11.8 Å². The van der Waals surface area contributed by atoms with Crippen LogP contribution >= 0.6 is 0 Å². The molecule has 2 rings (SSSR count). The van der Waals surface area contributed by atoms with E-state index < -0.39 is 6.09 Å². The Labute approximate surface area is 141 Å². The molecule has 0 spiro atoms. The molecule has 24 heavy (non-hydrogen) atoms. The zero-order chi connectivity index (χ0) is 17.7. The van der Waals surface area contributed by atoms with Crippen LogP contribution in [0, 0.1) is 13.8 Å². The van der Waals surface area contributed by atoms with Crippen molar-refractivity contribution in [2.75, 3.05) is 12.4 Å². The number of ether oxygens (including phenoxy) is 1. The third kappa shape index (κ3) is 4.38. The fourth-order valence-electron chi connectivity index (χ4n) is 2.42. The minimum absolute atomic E-state index is 0.0978. The van der Waals surface area contributed by atoms with Gasteiger partial charge in [-0.15, -0.1) is 0 Å². The van der Waals surface area contributed by atoms with Gasteiger partial charge in [-0.25, -0.2) is 4.79 Å². The van der Waals surface area contributed by atoms with Gasteiger partial charge < -0.3 is 19.8 Å². The Hall–Kier alpha value is -2.76. The largest absolute Gasteiger partial charge is 0.466 e. The van der Waals surface area contributed by atoms with Crippen molar-refractivity contribution in [1.29, 1.82) is 0 Å². The van der Waals surface area contributed by atoms with Gasteiger partial charge in [0.2, 0.25) is 5.91 Å². The van der Waals surface area contributed by atoms with Crippen LogP contribution in [-0.4, -0.2) is 19.1 Å². The lowest BCUT2D eigenvalue weighted by Gasteiger charge is -2.12. The second-order valence-corrected chi connectivity index (χ2v) is 5.62. The molecule has 2 aromatic rings. The molecule has 0 fully saturated rings. The van der Waals surface area contributed by atoms with Crippen LogP contribution in [0.1, 0.15) is 35.5 Å². The van der Waals surface area contributed by atoms with Gasteiger partial charge >= 0.3 is 6.09 Å². The Morgan fingerprint density at radius 3 is 2.42 bits per heavy atom. The number of benzene rings is 1. The lowest BCUT2D eigenvalue weighted by molar-refractivity contribution is -0.117. The summed E-state index contributed by atoms with van der Waals surface area (Å²) in [5.74, 6) is 1.16. The van der Waals surface area contributed by atoms with Crippen LogP contribution in [0.2, 0.25) is 0 Å². The van der Waals surface area contributed by atoms with Gasteiger partial charge in [0.15, 0.2) is 0 Å². The van der Waals surface area contributed by atoms with E-state index >= 15 is 0 Å². The van der Waals surface area contributed by atoms with E-state index in [9.17, 15) is 9.59 Å². The molecule has 1 atom stereocenters. The number of anilines is 1. The Morgan fingerprint density at radius 2 is 1.88 bits per heavy atom. The predicted octanol–water partition coefficient (Wildman–Crippen LogP) is 3.49. The van der Waals surface area contributed by atoms with E-state index in [2.05, 4.69) is 15.4 Å². The van der Waals surface area contributed by atoms with Crippen LogP contribution in [0.15, 0.2) is 34.7 Å². The topological polar surface area (TPSA) is 80.6 Å². The molecule has 6 nitrogen and oxygen atoms in total. The van der Waals surface area contributed by atoms with Gasteiger partial charge in [-0.3, -0.25) is 4.79 Å². The lowest BCUT2D eigenvalue weighted by atomic mass is 10.0. The molecule has 6 heteroatoms. The number of hydrogen-bond acceptors (Lipinski definition) is 4. The van der Waals surface area contributed by atoms with Crippen molar-refractivity contribution in [3.8, 4) is 0 Å². The molecule has 0 unspecified atom stereocenters. The maximum atomic E-state index is 12.4. The van der Waals surface area contributed by atoms with Crippen molar-refractivity contribution in [2.24, 2.45) is 0 Å². The Balaban J connectivity index is 1.96. The first-order valence-corrected chi connectivity index (χ1v) is 7.69. The van der Waals surface area contributed by atoms with Gasteiger partial charge in [0.05, 0.1) is 13.0 Å². The summed E-state index contributed by atoms with van der Waals surface area (Å²) in [4.78, 5) is 23.4. The van der Waals surface area contributed by atoms with E-state index in [1.165, 1.54) is 7.11 Å². The van der Waals surface area contributed by atoms with E-state index in [1.807, 2.05) is 39.0 Å². The van der Waals surface area contributed by atoms with E-state index in [4.69, 9.17) is 4.42 Å². The summed E-state index contributed by atoms with van der Waals surface area (Å²) in [5, 5.41) is 5.49. The highest BCUT2D eigenvalue weighted by Crippen LogP contribution is 2.24. The van der Waals surface area contributed by atoms with Crippen molar-refractivity contribution < 1.29 is 18.7 Å². The number of hydrogen-bond donors (Lipinski definition) is 2. The molecule has 0 saturated carbocycles. The molecule has 1 aromatic heterocycles. The summed E-state index contributed by atoms with van der Waals surface area (Å²) in [6.07, 6.45) is -0.480. The number of carbonyl (C=O) groups is 2. The zero-order valence-corrected chi connectivity index (χ0v) is 14.3. The molecule has 1 aromatic carbocycles. The first kappa shape index (κ1) is 17.6. The van der Waals surface area contributed by atoms with E-state index in [0.29, 0.717) is 12.2 Å². The van der Waals surface area contributed by atoms with Gasteiger partial charge in [0, 0.05) is 17.8 Å². The van der Waals surface area contributed by atoms with Crippen LogP contribution in [0.4, 0.5) is 10.5 Å². The van der Waals surface area contributed by atoms with Crippen molar-refractivity contribution in [1.82, 2.24) is 5.32 Å². The molecule has 0 aliphatic carbocycles.